The zero-order valence-electron chi connectivity index (χ0n) is 14.3. The number of nitrogens with zero attached hydrogens (tertiary/aromatic N) is 2. The molecule has 0 saturated carbocycles. The van der Waals surface area contributed by atoms with Crippen molar-refractivity contribution >= 4 is 44.6 Å². The van der Waals surface area contributed by atoms with Crippen LogP contribution in [-0.2, 0) is 16.6 Å². The van der Waals surface area contributed by atoms with E-state index in [1.54, 1.807) is 48.5 Å². The average Bonchev–Trinajstić information content (AvgIpc) is 2.67. The first-order valence-electron chi connectivity index (χ1n) is 8.06. The number of nitro groups is 1. The van der Waals surface area contributed by atoms with Crippen LogP contribution in [0.3, 0.4) is 0 Å². The first-order valence-corrected chi connectivity index (χ1v) is 10.3. The second-order valence-electron chi connectivity index (χ2n) is 5.82. The van der Waals surface area contributed by atoms with Crippen molar-refractivity contribution in [3.8, 4) is 0 Å². The van der Waals surface area contributed by atoms with E-state index in [-0.39, 0.29) is 27.2 Å². The van der Waals surface area contributed by atoms with Gasteiger partial charge in [0.1, 0.15) is 5.02 Å². The molecule has 0 aromatic heterocycles. The Bertz CT molecular complexity index is 1120. The fourth-order valence-electron chi connectivity index (χ4n) is 2.62. The lowest BCUT2D eigenvalue weighted by Gasteiger charge is -2.25. The van der Waals surface area contributed by atoms with E-state index in [4.69, 9.17) is 23.2 Å². The number of anilines is 1. The van der Waals surface area contributed by atoms with Crippen LogP contribution in [0.4, 0.5) is 11.4 Å². The van der Waals surface area contributed by atoms with Gasteiger partial charge in [0.15, 0.2) is 0 Å². The summed E-state index contributed by atoms with van der Waals surface area (Å²) in [5, 5.41) is 11.3. The van der Waals surface area contributed by atoms with Gasteiger partial charge in [0.05, 0.1) is 27.1 Å². The molecule has 0 radical (unpaired) electrons. The van der Waals surface area contributed by atoms with Gasteiger partial charge in [-0.3, -0.25) is 14.4 Å². The lowest BCUT2D eigenvalue weighted by Crippen LogP contribution is -2.31. The smallest absolute Gasteiger partial charge is 0.260 e. The number of hydrogen-bond acceptors (Lipinski definition) is 4. The van der Waals surface area contributed by atoms with Crippen LogP contribution in [0.15, 0.2) is 77.7 Å². The van der Waals surface area contributed by atoms with Gasteiger partial charge in [0, 0.05) is 6.07 Å². The van der Waals surface area contributed by atoms with Crippen molar-refractivity contribution in [2.75, 3.05) is 4.31 Å². The molecule has 0 saturated heterocycles. The molecule has 3 aromatic carbocycles. The number of benzene rings is 3. The van der Waals surface area contributed by atoms with E-state index in [1.807, 2.05) is 6.07 Å². The number of hydrogen-bond donors (Lipinski definition) is 0. The molecular formula is C19H14Cl2N2O4S. The maximum Gasteiger partial charge on any atom is 0.289 e. The Kier molecular flexibility index (Phi) is 5.88. The quantitative estimate of drug-likeness (QED) is 0.387. The van der Waals surface area contributed by atoms with Gasteiger partial charge >= 0.3 is 0 Å². The van der Waals surface area contributed by atoms with Crippen LogP contribution in [0.2, 0.25) is 10.0 Å². The summed E-state index contributed by atoms with van der Waals surface area (Å²) in [6, 6.07) is 18.9. The Morgan fingerprint density at radius 1 is 0.893 bits per heavy atom. The second-order valence-corrected chi connectivity index (χ2v) is 8.50. The van der Waals surface area contributed by atoms with Gasteiger partial charge in [-0.05, 0) is 29.8 Å². The topological polar surface area (TPSA) is 80.5 Å². The summed E-state index contributed by atoms with van der Waals surface area (Å²) >= 11 is 12.1. The molecule has 0 aliphatic carbocycles. The minimum Gasteiger partial charge on any atom is -0.260 e. The van der Waals surface area contributed by atoms with E-state index in [0.29, 0.717) is 0 Å². The van der Waals surface area contributed by atoms with Crippen molar-refractivity contribution < 1.29 is 13.3 Å². The van der Waals surface area contributed by atoms with Gasteiger partial charge in [-0.25, -0.2) is 8.42 Å². The number of sulfonamides is 1. The van der Waals surface area contributed by atoms with Crippen molar-refractivity contribution in [1.29, 1.82) is 0 Å². The highest BCUT2D eigenvalue weighted by Gasteiger charge is 2.29. The van der Waals surface area contributed by atoms with E-state index in [9.17, 15) is 18.5 Å². The minimum absolute atomic E-state index is 0.00330. The third kappa shape index (κ3) is 4.11. The first kappa shape index (κ1) is 20.1. The molecule has 0 aliphatic rings. The molecule has 0 aliphatic heterocycles. The molecule has 0 amide bonds. The maximum atomic E-state index is 13.4. The van der Waals surface area contributed by atoms with Crippen LogP contribution in [0.25, 0.3) is 0 Å². The summed E-state index contributed by atoms with van der Waals surface area (Å²) in [5.74, 6) is 0. The third-order valence-electron chi connectivity index (χ3n) is 3.99. The summed E-state index contributed by atoms with van der Waals surface area (Å²) < 4.78 is 27.9. The summed E-state index contributed by atoms with van der Waals surface area (Å²) in [5.41, 5.74) is 0.515. The Morgan fingerprint density at radius 2 is 1.54 bits per heavy atom. The fourth-order valence-corrected chi connectivity index (χ4v) is 4.59. The Labute approximate surface area is 172 Å². The minimum atomic E-state index is -4.16. The average molecular weight is 437 g/mol. The Balaban J connectivity index is 2.15. The van der Waals surface area contributed by atoms with Crippen LogP contribution < -0.4 is 4.31 Å². The lowest BCUT2D eigenvalue weighted by atomic mass is 10.2. The fraction of sp³-hybridized carbons (Fsp3) is 0.0526. The van der Waals surface area contributed by atoms with Crippen molar-refractivity contribution in [2.45, 2.75) is 11.4 Å². The van der Waals surface area contributed by atoms with Crippen LogP contribution in [-0.4, -0.2) is 13.3 Å². The number of rotatable bonds is 6. The highest BCUT2D eigenvalue weighted by atomic mass is 35.5. The molecule has 0 spiro atoms. The van der Waals surface area contributed by atoms with Crippen LogP contribution in [0, 0.1) is 10.1 Å². The molecule has 6 nitrogen and oxygen atoms in total. The molecular weight excluding hydrogens is 423 g/mol. The molecule has 28 heavy (non-hydrogen) atoms. The highest BCUT2D eigenvalue weighted by Crippen LogP contribution is 2.34. The van der Waals surface area contributed by atoms with Crippen LogP contribution in [0.1, 0.15) is 5.56 Å². The Morgan fingerprint density at radius 3 is 2.18 bits per heavy atom. The standard InChI is InChI=1S/C19H14Cl2N2O4S/c20-16-8-4-5-9-18(16)22(13-14-6-2-1-3-7-14)28(26,27)15-10-11-17(21)19(12-15)23(24)25/h1-12H,13H2. The molecule has 9 heteroatoms. The van der Waals surface area contributed by atoms with Crippen LogP contribution in [0.5, 0.6) is 0 Å². The van der Waals surface area contributed by atoms with Gasteiger partial charge in [0.2, 0.25) is 0 Å². The van der Waals surface area contributed by atoms with Crippen molar-refractivity contribution in [3.63, 3.8) is 0 Å². The lowest BCUT2D eigenvalue weighted by molar-refractivity contribution is -0.384. The van der Waals surface area contributed by atoms with E-state index in [2.05, 4.69) is 0 Å². The van der Waals surface area contributed by atoms with E-state index in [1.165, 1.54) is 12.1 Å². The normalized spacial score (nSPS) is 11.2. The highest BCUT2D eigenvalue weighted by molar-refractivity contribution is 7.92. The molecule has 3 rings (SSSR count). The molecule has 0 N–H and O–H groups in total. The Hall–Kier alpha value is -2.61. The maximum absolute atomic E-state index is 13.4. The van der Waals surface area contributed by atoms with Crippen molar-refractivity contribution in [3.05, 3.63) is 98.5 Å². The van der Waals surface area contributed by atoms with Crippen molar-refractivity contribution in [2.24, 2.45) is 0 Å². The monoisotopic (exact) mass is 436 g/mol. The van der Waals surface area contributed by atoms with Gasteiger partial charge in [-0.2, -0.15) is 0 Å². The van der Waals surface area contributed by atoms with Crippen molar-refractivity contribution in [1.82, 2.24) is 0 Å². The molecule has 3 aromatic rings. The predicted molar refractivity (Wildman–Crippen MR) is 109 cm³/mol. The molecule has 0 heterocycles. The zero-order chi connectivity index (χ0) is 20.3. The van der Waals surface area contributed by atoms with E-state index in [0.717, 1.165) is 15.9 Å². The molecule has 0 bridgehead atoms. The number of para-hydroxylation sites is 1. The van der Waals surface area contributed by atoms with Gasteiger partial charge in [-0.15, -0.1) is 0 Å². The van der Waals surface area contributed by atoms with Gasteiger partial charge in [-0.1, -0.05) is 65.7 Å². The predicted octanol–water partition coefficient (Wildman–Crippen LogP) is 5.30. The summed E-state index contributed by atoms with van der Waals surface area (Å²) in [7, 11) is -4.16. The molecule has 0 unspecified atom stereocenters. The summed E-state index contributed by atoms with van der Waals surface area (Å²) in [4.78, 5) is 10.2. The largest absolute Gasteiger partial charge is 0.289 e. The molecule has 0 atom stereocenters. The van der Waals surface area contributed by atoms with E-state index < -0.39 is 20.6 Å². The number of nitro benzene ring substituents is 1. The third-order valence-corrected chi connectivity index (χ3v) is 6.39. The van der Waals surface area contributed by atoms with Gasteiger partial charge in [0.25, 0.3) is 15.7 Å². The molecule has 144 valence electrons. The summed E-state index contributed by atoms with van der Waals surface area (Å²) in [6.45, 7) is 0.00330. The van der Waals surface area contributed by atoms with E-state index >= 15 is 0 Å². The SMILES string of the molecule is O=[N+]([O-])c1cc(S(=O)(=O)N(Cc2ccccc2)c2ccccc2Cl)ccc1Cl. The second kappa shape index (κ2) is 8.18. The number of halogens is 2. The first-order chi connectivity index (χ1) is 13.3. The van der Waals surface area contributed by atoms with Crippen LogP contribution >= 0.6 is 23.2 Å². The van der Waals surface area contributed by atoms with Gasteiger partial charge < -0.3 is 0 Å². The zero-order valence-corrected chi connectivity index (χ0v) is 16.7. The molecule has 0 fully saturated rings. The summed E-state index contributed by atoms with van der Waals surface area (Å²) in [6.07, 6.45) is 0.